The number of nitro benzene ring substituents is 1. The smallest absolute Gasteiger partial charge is 0.410 e. The minimum absolute atomic E-state index is 0.0254. The molecule has 1 aromatic rings. The lowest BCUT2D eigenvalue weighted by atomic mass is 10.1. The summed E-state index contributed by atoms with van der Waals surface area (Å²) in [5.74, 6) is 0.0254. The maximum absolute atomic E-state index is 12.1. The maximum atomic E-state index is 12.1. The number of carbonyl (C=O) groups excluding carboxylic acids is 1. The number of hydrogen-bond acceptors (Lipinski definition) is 7. The normalized spacial score (nSPS) is 15.2. The van der Waals surface area contributed by atoms with Crippen molar-refractivity contribution in [1.29, 1.82) is 5.26 Å². The lowest BCUT2D eigenvalue weighted by molar-refractivity contribution is -0.385. The van der Waals surface area contributed by atoms with Gasteiger partial charge < -0.3 is 20.1 Å². The van der Waals surface area contributed by atoms with Crippen molar-refractivity contribution < 1.29 is 19.2 Å². The summed E-state index contributed by atoms with van der Waals surface area (Å²) in [6.45, 7) is 6.26. The fourth-order valence-corrected chi connectivity index (χ4v) is 2.62. The van der Waals surface area contributed by atoms with Crippen LogP contribution in [0, 0.1) is 21.4 Å². The second-order valence-electron chi connectivity index (χ2n) is 7.03. The molecule has 0 unspecified atom stereocenters. The molecule has 1 heterocycles. The number of benzene rings is 1. The molecule has 0 bridgehead atoms. The highest BCUT2D eigenvalue weighted by Gasteiger charge is 2.29. The Kier molecular flexibility index (Phi) is 5.55. The third kappa shape index (κ3) is 4.53. The summed E-state index contributed by atoms with van der Waals surface area (Å²) in [6, 6.07) is 4.34. The molecule has 1 aromatic carbocycles. The molecular formula is C17H22N4O5. The molecule has 140 valence electrons. The van der Waals surface area contributed by atoms with Crippen molar-refractivity contribution in [1.82, 2.24) is 4.90 Å². The highest BCUT2D eigenvalue weighted by atomic mass is 16.6. The number of rotatable bonds is 3. The average molecular weight is 362 g/mol. The second-order valence-corrected chi connectivity index (χ2v) is 7.03. The third-order valence-electron chi connectivity index (χ3n) is 3.85. The van der Waals surface area contributed by atoms with Gasteiger partial charge in [0.05, 0.1) is 10.6 Å². The van der Waals surface area contributed by atoms with E-state index in [0.29, 0.717) is 25.9 Å². The SMILES string of the molecule is CC(C)(C)OC(=O)N1CCC(Oc2c(N)ccc([N+](=O)[O-])c2C#N)CC1. The number of hydrogen-bond donors (Lipinski definition) is 1. The molecule has 1 aliphatic rings. The van der Waals surface area contributed by atoms with Crippen LogP contribution in [-0.2, 0) is 4.74 Å². The van der Waals surface area contributed by atoms with Gasteiger partial charge in [0.1, 0.15) is 17.8 Å². The van der Waals surface area contributed by atoms with Crippen LogP contribution in [0.2, 0.25) is 0 Å². The number of amides is 1. The Balaban J connectivity index is 2.06. The van der Waals surface area contributed by atoms with Crippen molar-refractivity contribution >= 4 is 17.5 Å². The van der Waals surface area contributed by atoms with E-state index >= 15 is 0 Å². The van der Waals surface area contributed by atoms with E-state index in [4.69, 9.17) is 15.2 Å². The quantitative estimate of drug-likeness (QED) is 0.496. The molecule has 2 N–H and O–H groups in total. The van der Waals surface area contributed by atoms with E-state index < -0.39 is 10.5 Å². The van der Waals surface area contributed by atoms with Gasteiger partial charge in [0.2, 0.25) is 0 Å². The summed E-state index contributed by atoms with van der Waals surface area (Å²) < 4.78 is 11.1. The number of nitrogens with zero attached hydrogens (tertiary/aromatic N) is 3. The van der Waals surface area contributed by atoms with Gasteiger partial charge in [0, 0.05) is 32.0 Å². The molecule has 0 atom stereocenters. The van der Waals surface area contributed by atoms with Gasteiger partial charge in [-0.15, -0.1) is 0 Å². The van der Waals surface area contributed by atoms with Crippen LogP contribution in [0.5, 0.6) is 5.75 Å². The zero-order valence-electron chi connectivity index (χ0n) is 15.0. The van der Waals surface area contributed by atoms with E-state index in [1.165, 1.54) is 12.1 Å². The van der Waals surface area contributed by atoms with Crippen molar-refractivity contribution in [2.45, 2.75) is 45.3 Å². The van der Waals surface area contributed by atoms with Crippen LogP contribution in [-0.4, -0.2) is 40.7 Å². The minimum Gasteiger partial charge on any atom is -0.486 e. The molecule has 9 heteroatoms. The number of likely N-dealkylation sites (tertiary alicyclic amines) is 1. The van der Waals surface area contributed by atoms with Gasteiger partial charge in [-0.3, -0.25) is 10.1 Å². The molecule has 1 aliphatic heterocycles. The standard InChI is InChI=1S/C17H22N4O5/c1-17(2,3)26-16(22)20-8-6-11(7-9-20)25-15-12(10-18)14(21(23)24)5-4-13(15)19/h4-5,11H,6-9,19H2,1-3H3. The Morgan fingerprint density at radius 2 is 2.00 bits per heavy atom. The van der Waals surface area contributed by atoms with Crippen LogP contribution in [0.1, 0.15) is 39.2 Å². The molecule has 0 saturated carbocycles. The van der Waals surface area contributed by atoms with E-state index in [2.05, 4.69) is 0 Å². The van der Waals surface area contributed by atoms with Crippen LogP contribution in [0.4, 0.5) is 16.2 Å². The number of nitro groups is 1. The first-order valence-electron chi connectivity index (χ1n) is 8.24. The van der Waals surface area contributed by atoms with Crippen molar-refractivity contribution in [3.8, 4) is 11.8 Å². The molecule has 1 fully saturated rings. The largest absolute Gasteiger partial charge is 0.486 e. The Labute approximate surface area is 151 Å². The first kappa shape index (κ1) is 19.3. The summed E-state index contributed by atoms with van der Waals surface area (Å²) >= 11 is 0. The Morgan fingerprint density at radius 3 is 2.50 bits per heavy atom. The molecule has 0 radical (unpaired) electrons. The Hall–Kier alpha value is -3.02. The van der Waals surface area contributed by atoms with E-state index in [9.17, 15) is 20.2 Å². The lowest BCUT2D eigenvalue weighted by Crippen LogP contribution is -2.44. The molecule has 0 aromatic heterocycles. The fourth-order valence-electron chi connectivity index (χ4n) is 2.62. The first-order valence-corrected chi connectivity index (χ1v) is 8.24. The number of nitrogen functional groups attached to an aromatic ring is 1. The van der Waals surface area contributed by atoms with E-state index in [1.54, 1.807) is 31.7 Å². The number of piperidine rings is 1. The Bertz CT molecular complexity index is 743. The topological polar surface area (TPSA) is 132 Å². The van der Waals surface area contributed by atoms with Gasteiger partial charge in [0.15, 0.2) is 11.3 Å². The molecular weight excluding hydrogens is 340 g/mol. The van der Waals surface area contributed by atoms with Crippen molar-refractivity contribution in [3.05, 3.63) is 27.8 Å². The molecule has 2 rings (SSSR count). The maximum Gasteiger partial charge on any atom is 0.410 e. The highest BCUT2D eigenvalue weighted by Crippen LogP contribution is 2.35. The monoisotopic (exact) mass is 362 g/mol. The minimum atomic E-state index is -0.643. The molecule has 9 nitrogen and oxygen atoms in total. The summed E-state index contributed by atoms with van der Waals surface area (Å²) in [6.07, 6.45) is 0.326. The number of nitriles is 1. The zero-order valence-corrected chi connectivity index (χ0v) is 15.0. The summed E-state index contributed by atoms with van der Waals surface area (Å²) in [7, 11) is 0. The number of anilines is 1. The van der Waals surface area contributed by atoms with Crippen LogP contribution < -0.4 is 10.5 Å². The Morgan fingerprint density at radius 1 is 1.38 bits per heavy atom. The van der Waals surface area contributed by atoms with E-state index in [1.807, 2.05) is 0 Å². The second kappa shape index (κ2) is 7.47. The van der Waals surface area contributed by atoms with Crippen molar-refractivity contribution in [2.75, 3.05) is 18.8 Å². The summed E-state index contributed by atoms with van der Waals surface area (Å²) in [5, 5.41) is 20.3. The van der Waals surface area contributed by atoms with Gasteiger partial charge in [-0.25, -0.2) is 4.79 Å². The third-order valence-corrected chi connectivity index (χ3v) is 3.85. The molecule has 0 spiro atoms. The van der Waals surface area contributed by atoms with Crippen LogP contribution in [0.25, 0.3) is 0 Å². The number of nitrogens with two attached hydrogens (primary N) is 1. The number of carbonyl (C=O) groups is 1. The van der Waals surface area contributed by atoms with Gasteiger partial charge in [-0.1, -0.05) is 0 Å². The van der Waals surface area contributed by atoms with Gasteiger partial charge in [0.25, 0.3) is 5.69 Å². The molecule has 26 heavy (non-hydrogen) atoms. The summed E-state index contributed by atoms with van der Waals surface area (Å²) in [4.78, 5) is 24.1. The van der Waals surface area contributed by atoms with E-state index in [-0.39, 0.29) is 34.9 Å². The highest BCUT2D eigenvalue weighted by molar-refractivity contribution is 5.69. The van der Waals surface area contributed by atoms with Gasteiger partial charge in [-0.05, 0) is 26.8 Å². The average Bonchev–Trinajstić information content (AvgIpc) is 2.55. The molecule has 0 aliphatic carbocycles. The van der Waals surface area contributed by atoms with Gasteiger partial charge in [-0.2, -0.15) is 5.26 Å². The van der Waals surface area contributed by atoms with Crippen molar-refractivity contribution in [2.24, 2.45) is 0 Å². The molecule has 1 amide bonds. The van der Waals surface area contributed by atoms with Crippen LogP contribution in [0.15, 0.2) is 12.1 Å². The number of ether oxygens (including phenoxy) is 2. The lowest BCUT2D eigenvalue weighted by Gasteiger charge is -2.33. The zero-order chi connectivity index (χ0) is 19.5. The van der Waals surface area contributed by atoms with Crippen LogP contribution in [0.3, 0.4) is 0 Å². The first-order chi connectivity index (χ1) is 12.1. The predicted molar refractivity (Wildman–Crippen MR) is 93.7 cm³/mol. The fraction of sp³-hybridized carbons (Fsp3) is 0.529. The molecule has 1 saturated heterocycles. The van der Waals surface area contributed by atoms with Crippen LogP contribution >= 0.6 is 0 Å². The van der Waals surface area contributed by atoms with Gasteiger partial charge >= 0.3 is 6.09 Å². The van der Waals surface area contributed by atoms with Crippen molar-refractivity contribution in [3.63, 3.8) is 0 Å². The predicted octanol–water partition coefficient (Wildman–Crippen LogP) is 2.83. The summed E-state index contributed by atoms with van der Waals surface area (Å²) in [5.41, 5.74) is 4.91. The van der Waals surface area contributed by atoms with E-state index in [0.717, 1.165) is 0 Å².